The van der Waals surface area contributed by atoms with Gasteiger partial charge in [-0.3, -0.25) is 4.79 Å². The lowest BCUT2D eigenvalue weighted by Gasteiger charge is -2.32. The number of amides is 1. The van der Waals surface area contributed by atoms with E-state index in [9.17, 15) is 4.79 Å². The molecule has 2 aliphatic heterocycles. The molecule has 2 saturated heterocycles. The summed E-state index contributed by atoms with van der Waals surface area (Å²) >= 11 is 6.13. The van der Waals surface area contributed by atoms with Gasteiger partial charge in [0, 0.05) is 23.7 Å². The number of nitrogens with zero attached hydrogens (tertiary/aromatic N) is 1. The summed E-state index contributed by atoms with van der Waals surface area (Å²) in [5.74, 6) is 0.348. The minimum Gasteiger partial charge on any atom is -0.335 e. The van der Waals surface area contributed by atoms with Gasteiger partial charge in [-0.15, -0.1) is 12.4 Å². The Morgan fingerprint density at radius 2 is 2.00 bits per heavy atom. The van der Waals surface area contributed by atoms with Crippen molar-refractivity contribution in [1.82, 2.24) is 10.2 Å². The third-order valence-electron chi connectivity index (χ3n) is 5.43. The van der Waals surface area contributed by atoms with Crippen LogP contribution in [0.25, 0.3) is 0 Å². The van der Waals surface area contributed by atoms with Crippen LogP contribution >= 0.6 is 24.0 Å². The summed E-state index contributed by atoms with van der Waals surface area (Å²) < 4.78 is 0. The number of rotatable bonds is 2. The van der Waals surface area contributed by atoms with Gasteiger partial charge < -0.3 is 10.2 Å². The molecule has 3 fully saturated rings. The first-order valence-electron chi connectivity index (χ1n) is 8.00. The molecule has 4 rings (SSSR count). The molecule has 0 spiro atoms. The van der Waals surface area contributed by atoms with Crippen molar-refractivity contribution in [1.29, 1.82) is 0 Å². The van der Waals surface area contributed by atoms with Crippen molar-refractivity contribution in [3.8, 4) is 0 Å². The van der Waals surface area contributed by atoms with E-state index in [1.165, 1.54) is 6.42 Å². The highest BCUT2D eigenvalue weighted by Crippen LogP contribution is 2.51. The highest BCUT2D eigenvalue weighted by Gasteiger charge is 2.56. The Morgan fingerprint density at radius 1 is 1.23 bits per heavy atom. The van der Waals surface area contributed by atoms with Gasteiger partial charge in [-0.05, 0) is 56.3 Å². The molecule has 2 heterocycles. The zero-order valence-electron chi connectivity index (χ0n) is 12.6. The first-order chi connectivity index (χ1) is 10.2. The normalized spacial score (nSPS) is 28.7. The predicted molar refractivity (Wildman–Crippen MR) is 90.8 cm³/mol. The SMILES string of the molecule is Cl.O=C(N1C2CCNCC1CC2)C1(c2cccc(Cl)c2)CC1. The summed E-state index contributed by atoms with van der Waals surface area (Å²) in [5.41, 5.74) is 0.826. The number of carbonyl (C=O) groups excluding carboxylic acids is 1. The molecular weight excluding hydrogens is 319 g/mol. The van der Waals surface area contributed by atoms with Gasteiger partial charge in [0.05, 0.1) is 5.41 Å². The van der Waals surface area contributed by atoms with Gasteiger partial charge >= 0.3 is 0 Å². The highest BCUT2D eigenvalue weighted by molar-refractivity contribution is 6.30. The molecule has 5 heteroatoms. The Labute approximate surface area is 142 Å². The van der Waals surface area contributed by atoms with Gasteiger partial charge in [0.2, 0.25) is 5.91 Å². The molecule has 2 atom stereocenters. The molecule has 0 aromatic heterocycles. The predicted octanol–water partition coefficient (Wildman–Crippen LogP) is 3.15. The van der Waals surface area contributed by atoms with Gasteiger partial charge in [-0.1, -0.05) is 23.7 Å². The van der Waals surface area contributed by atoms with Gasteiger partial charge in [0.1, 0.15) is 0 Å². The fraction of sp³-hybridized carbons (Fsp3) is 0.588. The topological polar surface area (TPSA) is 32.3 Å². The second-order valence-corrected chi connectivity index (χ2v) is 7.12. The third kappa shape index (κ3) is 2.53. The molecule has 3 nitrogen and oxygen atoms in total. The van der Waals surface area contributed by atoms with Crippen molar-refractivity contribution >= 4 is 29.9 Å². The lowest BCUT2D eigenvalue weighted by molar-refractivity contribution is -0.136. The zero-order valence-corrected chi connectivity index (χ0v) is 14.1. The van der Waals surface area contributed by atoms with Crippen LogP contribution in [0.15, 0.2) is 24.3 Å². The minimum absolute atomic E-state index is 0. The summed E-state index contributed by atoms with van der Waals surface area (Å²) in [6.45, 7) is 1.99. The molecular formula is C17H22Cl2N2O. The average molecular weight is 341 g/mol. The summed E-state index contributed by atoms with van der Waals surface area (Å²) in [6.07, 6.45) is 5.34. The van der Waals surface area contributed by atoms with E-state index in [0.29, 0.717) is 18.0 Å². The molecule has 1 aromatic carbocycles. The van der Waals surface area contributed by atoms with Crippen molar-refractivity contribution in [2.45, 2.75) is 49.6 Å². The van der Waals surface area contributed by atoms with Gasteiger partial charge in [-0.25, -0.2) is 0 Å². The van der Waals surface area contributed by atoms with E-state index < -0.39 is 0 Å². The maximum Gasteiger partial charge on any atom is 0.233 e. The number of nitrogens with one attached hydrogen (secondary N) is 1. The van der Waals surface area contributed by atoms with Crippen molar-refractivity contribution in [2.24, 2.45) is 0 Å². The molecule has 22 heavy (non-hydrogen) atoms. The Kier molecular flexibility index (Phi) is 4.41. The van der Waals surface area contributed by atoms with E-state index in [1.54, 1.807) is 0 Å². The summed E-state index contributed by atoms with van der Waals surface area (Å²) in [7, 11) is 0. The van der Waals surface area contributed by atoms with E-state index in [2.05, 4.69) is 16.3 Å². The summed E-state index contributed by atoms with van der Waals surface area (Å²) in [5, 5.41) is 4.20. The molecule has 3 aliphatic rings. The maximum absolute atomic E-state index is 13.3. The van der Waals surface area contributed by atoms with Crippen LogP contribution in [-0.2, 0) is 10.2 Å². The third-order valence-corrected chi connectivity index (χ3v) is 5.66. The number of fused-ring (bicyclic) bond motifs is 2. The lowest BCUT2D eigenvalue weighted by atomic mass is 9.93. The van der Waals surface area contributed by atoms with Crippen LogP contribution in [-0.4, -0.2) is 36.0 Å². The number of carbonyl (C=O) groups is 1. The molecule has 2 unspecified atom stereocenters. The molecule has 120 valence electrons. The number of halogens is 2. The van der Waals surface area contributed by atoms with Crippen molar-refractivity contribution < 1.29 is 4.79 Å². The molecule has 0 radical (unpaired) electrons. The number of hydrogen-bond donors (Lipinski definition) is 1. The fourth-order valence-corrected chi connectivity index (χ4v) is 4.29. The van der Waals surface area contributed by atoms with Crippen LogP contribution in [0.5, 0.6) is 0 Å². The fourth-order valence-electron chi connectivity index (χ4n) is 4.10. The Morgan fingerprint density at radius 3 is 2.73 bits per heavy atom. The van der Waals surface area contributed by atoms with Crippen LogP contribution in [0, 0.1) is 0 Å². The van der Waals surface area contributed by atoms with Crippen molar-refractivity contribution in [3.05, 3.63) is 34.9 Å². The van der Waals surface area contributed by atoms with E-state index in [1.807, 2.05) is 18.2 Å². The average Bonchev–Trinajstić information content (AvgIpc) is 3.20. The smallest absolute Gasteiger partial charge is 0.233 e. The highest BCUT2D eigenvalue weighted by atomic mass is 35.5. The van der Waals surface area contributed by atoms with E-state index in [-0.39, 0.29) is 17.8 Å². The lowest BCUT2D eigenvalue weighted by Crippen LogP contribution is -2.47. The quantitative estimate of drug-likeness (QED) is 0.896. The van der Waals surface area contributed by atoms with Crippen molar-refractivity contribution in [3.63, 3.8) is 0 Å². The first-order valence-corrected chi connectivity index (χ1v) is 8.38. The van der Waals surface area contributed by atoms with E-state index in [0.717, 1.165) is 49.4 Å². The Bertz CT molecular complexity index is 560. The summed E-state index contributed by atoms with van der Waals surface area (Å²) in [6, 6.07) is 8.71. The molecule has 1 amide bonds. The van der Waals surface area contributed by atoms with Crippen LogP contribution in [0.3, 0.4) is 0 Å². The van der Waals surface area contributed by atoms with E-state index >= 15 is 0 Å². The van der Waals surface area contributed by atoms with Crippen molar-refractivity contribution in [2.75, 3.05) is 13.1 Å². The molecule has 1 aromatic rings. The number of hydrogen-bond acceptors (Lipinski definition) is 2. The largest absolute Gasteiger partial charge is 0.335 e. The first kappa shape index (κ1) is 16.1. The van der Waals surface area contributed by atoms with Gasteiger partial charge in [0.15, 0.2) is 0 Å². The van der Waals surface area contributed by atoms with Gasteiger partial charge in [0.25, 0.3) is 0 Å². The standard InChI is InChI=1S/C17H21ClN2O.ClH/c18-13-3-1-2-12(10-13)17(7-8-17)16(21)20-14-4-5-15(20)11-19-9-6-14;/h1-3,10,14-15,19H,4-9,11H2;1H. The molecule has 1 saturated carbocycles. The Balaban J connectivity index is 0.00000144. The second kappa shape index (κ2) is 6.03. The van der Waals surface area contributed by atoms with E-state index in [4.69, 9.17) is 11.6 Å². The monoisotopic (exact) mass is 340 g/mol. The number of benzene rings is 1. The van der Waals surface area contributed by atoms with Crippen LogP contribution in [0.1, 0.15) is 37.7 Å². The molecule has 1 aliphatic carbocycles. The second-order valence-electron chi connectivity index (χ2n) is 6.68. The van der Waals surface area contributed by atoms with Gasteiger partial charge in [-0.2, -0.15) is 0 Å². The van der Waals surface area contributed by atoms with Crippen LogP contribution in [0.4, 0.5) is 0 Å². The maximum atomic E-state index is 13.3. The van der Waals surface area contributed by atoms with Crippen LogP contribution in [0.2, 0.25) is 5.02 Å². The molecule has 2 bridgehead atoms. The Hall–Kier alpha value is -0.770. The minimum atomic E-state index is -0.282. The molecule has 1 N–H and O–H groups in total. The van der Waals surface area contributed by atoms with Crippen LogP contribution < -0.4 is 5.32 Å². The zero-order chi connectivity index (χ0) is 14.4. The summed E-state index contributed by atoms with van der Waals surface area (Å²) in [4.78, 5) is 15.5.